The number of halogens is 1. The van der Waals surface area contributed by atoms with Gasteiger partial charge in [-0.2, -0.15) is 0 Å². The summed E-state index contributed by atoms with van der Waals surface area (Å²) in [5.41, 5.74) is 0. The maximum atomic E-state index is 4.82. The van der Waals surface area contributed by atoms with Crippen LogP contribution in [0.15, 0.2) is 0 Å². The molecule has 0 aromatic heterocycles. The molecule has 0 saturated heterocycles. The highest BCUT2D eigenvalue weighted by molar-refractivity contribution is 9.09. The van der Waals surface area contributed by atoms with E-state index in [4.69, 9.17) is 4.74 Å². The average molecular weight is 167 g/mol. The Hall–Kier alpha value is 0.440. The summed E-state index contributed by atoms with van der Waals surface area (Å²) < 4.78 is 4.82. The molecule has 0 spiro atoms. The molecule has 7 heavy (non-hydrogen) atoms. The Balaban J connectivity index is 2.68. The Morgan fingerprint density at radius 2 is 2.29 bits per heavy atom. The van der Waals surface area contributed by atoms with Crippen molar-refractivity contribution in [2.45, 2.75) is 18.2 Å². The zero-order chi connectivity index (χ0) is 5.70. The Labute approximate surface area is 53.2 Å². The van der Waals surface area contributed by atoms with Crippen LogP contribution in [0, 0.1) is 0 Å². The van der Waals surface area contributed by atoms with Gasteiger partial charge in [-0.15, -0.1) is 0 Å². The molecule has 0 unspecified atom stereocenters. The Morgan fingerprint density at radius 3 is 2.43 bits per heavy atom. The van der Waals surface area contributed by atoms with Crippen LogP contribution >= 0.6 is 15.9 Å². The molecule has 0 saturated carbocycles. The standard InChI is InChI=1S/C5H11BrO/c1-5(6)3-4-7-2/h5H,3-4H2,1-2H3/t5-/m0/s1. The van der Waals surface area contributed by atoms with Gasteiger partial charge in [0.2, 0.25) is 0 Å². The summed E-state index contributed by atoms with van der Waals surface area (Å²) in [7, 11) is 1.72. The fraction of sp³-hybridized carbons (Fsp3) is 1.00. The molecule has 0 rings (SSSR count). The van der Waals surface area contributed by atoms with E-state index in [-0.39, 0.29) is 0 Å². The van der Waals surface area contributed by atoms with Crippen molar-refractivity contribution in [2.75, 3.05) is 13.7 Å². The molecular formula is C5H11BrO. The fourth-order valence-corrected chi connectivity index (χ4v) is 0.467. The van der Waals surface area contributed by atoms with Crippen LogP contribution in [0.1, 0.15) is 13.3 Å². The third-order valence-electron chi connectivity index (χ3n) is 0.720. The molecule has 2 heteroatoms. The highest BCUT2D eigenvalue weighted by Crippen LogP contribution is 2.01. The van der Waals surface area contributed by atoms with Crippen LogP contribution in [0.4, 0.5) is 0 Å². The van der Waals surface area contributed by atoms with E-state index in [1.807, 2.05) is 0 Å². The molecule has 0 N–H and O–H groups in total. The quantitative estimate of drug-likeness (QED) is 0.582. The predicted molar refractivity (Wildman–Crippen MR) is 34.9 cm³/mol. The maximum absolute atomic E-state index is 4.82. The number of alkyl halides is 1. The van der Waals surface area contributed by atoms with Crippen molar-refractivity contribution < 1.29 is 4.74 Å². The molecule has 0 aliphatic rings. The largest absolute Gasteiger partial charge is 0.385 e. The van der Waals surface area contributed by atoms with Crippen LogP contribution in [0.25, 0.3) is 0 Å². The molecule has 0 radical (unpaired) electrons. The highest BCUT2D eigenvalue weighted by Gasteiger charge is 1.91. The minimum Gasteiger partial charge on any atom is -0.385 e. The third kappa shape index (κ3) is 6.44. The molecule has 1 atom stereocenters. The molecule has 0 aliphatic heterocycles. The summed E-state index contributed by atoms with van der Waals surface area (Å²) in [4.78, 5) is 0.590. The molecule has 0 aromatic rings. The predicted octanol–water partition coefficient (Wildman–Crippen LogP) is 1.81. The average Bonchev–Trinajstić information content (AvgIpc) is 1.61. The topological polar surface area (TPSA) is 9.23 Å². The van der Waals surface area contributed by atoms with Gasteiger partial charge in [0.1, 0.15) is 0 Å². The van der Waals surface area contributed by atoms with Crippen molar-refractivity contribution in [1.29, 1.82) is 0 Å². The van der Waals surface area contributed by atoms with Crippen molar-refractivity contribution >= 4 is 15.9 Å². The summed E-state index contributed by atoms with van der Waals surface area (Å²) in [6, 6.07) is 0. The number of methoxy groups -OCH3 is 1. The van der Waals surface area contributed by atoms with Gasteiger partial charge >= 0.3 is 0 Å². The lowest BCUT2D eigenvalue weighted by Gasteiger charge is -1.98. The van der Waals surface area contributed by atoms with Gasteiger partial charge < -0.3 is 4.74 Å². The van der Waals surface area contributed by atoms with E-state index in [0.29, 0.717) is 4.83 Å². The van der Waals surface area contributed by atoms with Gasteiger partial charge in [-0.3, -0.25) is 0 Å². The fourth-order valence-electron chi connectivity index (χ4n) is 0.280. The van der Waals surface area contributed by atoms with Gasteiger partial charge in [-0.05, 0) is 6.42 Å². The third-order valence-corrected chi connectivity index (χ3v) is 1.18. The first-order valence-corrected chi connectivity index (χ1v) is 3.32. The Bertz CT molecular complexity index is 37.1. The van der Waals surface area contributed by atoms with E-state index in [0.717, 1.165) is 13.0 Å². The van der Waals surface area contributed by atoms with Crippen molar-refractivity contribution in [3.05, 3.63) is 0 Å². The lowest BCUT2D eigenvalue weighted by Crippen LogP contribution is -1.95. The van der Waals surface area contributed by atoms with Gasteiger partial charge in [0.05, 0.1) is 0 Å². The number of rotatable bonds is 3. The molecule has 0 amide bonds. The summed E-state index contributed by atoms with van der Waals surface area (Å²) in [6.45, 7) is 2.96. The van der Waals surface area contributed by atoms with Gasteiger partial charge in [0, 0.05) is 18.5 Å². The molecule has 0 fully saturated rings. The summed E-state index contributed by atoms with van der Waals surface area (Å²) >= 11 is 3.40. The Kier molecular flexibility index (Phi) is 4.88. The number of hydrogen-bond acceptors (Lipinski definition) is 1. The molecule has 0 aromatic carbocycles. The first-order valence-electron chi connectivity index (χ1n) is 2.40. The van der Waals surface area contributed by atoms with E-state index in [9.17, 15) is 0 Å². The smallest absolute Gasteiger partial charge is 0.0472 e. The second-order valence-corrected chi connectivity index (χ2v) is 3.13. The molecule has 0 heterocycles. The number of ether oxygens (including phenoxy) is 1. The van der Waals surface area contributed by atoms with Crippen LogP contribution in [0.5, 0.6) is 0 Å². The van der Waals surface area contributed by atoms with Crippen molar-refractivity contribution in [2.24, 2.45) is 0 Å². The van der Waals surface area contributed by atoms with Crippen LogP contribution < -0.4 is 0 Å². The van der Waals surface area contributed by atoms with Crippen LogP contribution in [-0.4, -0.2) is 18.5 Å². The zero-order valence-electron chi connectivity index (χ0n) is 4.78. The van der Waals surface area contributed by atoms with E-state index in [1.54, 1.807) is 7.11 Å². The van der Waals surface area contributed by atoms with Crippen molar-refractivity contribution in [1.82, 2.24) is 0 Å². The van der Waals surface area contributed by atoms with Gasteiger partial charge in [-0.25, -0.2) is 0 Å². The summed E-state index contributed by atoms with van der Waals surface area (Å²) in [5, 5.41) is 0. The second-order valence-electron chi connectivity index (χ2n) is 1.56. The van der Waals surface area contributed by atoms with Gasteiger partial charge in [0.25, 0.3) is 0 Å². The van der Waals surface area contributed by atoms with Gasteiger partial charge in [0.15, 0.2) is 0 Å². The Morgan fingerprint density at radius 1 is 1.71 bits per heavy atom. The van der Waals surface area contributed by atoms with Gasteiger partial charge in [-0.1, -0.05) is 22.9 Å². The van der Waals surface area contributed by atoms with E-state index < -0.39 is 0 Å². The lowest BCUT2D eigenvalue weighted by atomic mass is 10.4. The molecule has 0 bridgehead atoms. The maximum Gasteiger partial charge on any atom is 0.0472 e. The molecular weight excluding hydrogens is 156 g/mol. The number of hydrogen-bond donors (Lipinski definition) is 0. The normalized spacial score (nSPS) is 14.1. The summed E-state index contributed by atoms with van der Waals surface area (Å²) in [5.74, 6) is 0. The summed E-state index contributed by atoms with van der Waals surface area (Å²) in [6.07, 6.45) is 1.09. The van der Waals surface area contributed by atoms with E-state index in [1.165, 1.54) is 0 Å². The van der Waals surface area contributed by atoms with E-state index in [2.05, 4.69) is 22.9 Å². The zero-order valence-corrected chi connectivity index (χ0v) is 6.36. The minimum absolute atomic E-state index is 0.590. The van der Waals surface area contributed by atoms with Crippen molar-refractivity contribution in [3.63, 3.8) is 0 Å². The lowest BCUT2D eigenvalue weighted by molar-refractivity contribution is 0.196. The van der Waals surface area contributed by atoms with Crippen LogP contribution in [0.2, 0.25) is 0 Å². The molecule has 0 aliphatic carbocycles. The SMILES string of the molecule is COCC[C@H](C)Br. The second kappa shape index (κ2) is 4.60. The first-order chi connectivity index (χ1) is 3.27. The van der Waals surface area contributed by atoms with E-state index >= 15 is 0 Å². The molecule has 44 valence electrons. The minimum atomic E-state index is 0.590. The molecule has 1 nitrogen and oxygen atoms in total. The van der Waals surface area contributed by atoms with Crippen molar-refractivity contribution in [3.8, 4) is 0 Å². The van der Waals surface area contributed by atoms with Crippen LogP contribution in [0.3, 0.4) is 0 Å². The highest BCUT2D eigenvalue weighted by atomic mass is 79.9. The van der Waals surface area contributed by atoms with Crippen LogP contribution in [-0.2, 0) is 4.74 Å². The monoisotopic (exact) mass is 166 g/mol. The first kappa shape index (κ1) is 7.44.